The highest BCUT2D eigenvalue weighted by atomic mass is 16.2. The van der Waals surface area contributed by atoms with E-state index in [2.05, 4.69) is 22.3 Å². The minimum absolute atomic E-state index is 0.239. The first-order valence-electron chi connectivity index (χ1n) is 6.12. The lowest BCUT2D eigenvalue weighted by atomic mass is 10.1. The average molecular weight is 269 g/mol. The Bertz CT molecular complexity index is 693. The molecule has 0 fully saturated rings. The Kier molecular flexibility index (Phi) is 4.18. The lowest BCUT2D eigenvalue weighted by Gasteiger charge is -2.06. The summed E-state index contributed by atoms with van der Waals surface area (Å²) in [6.07, 6.45) is 0. The van der Waals surface area contributed by atoms with Gasteiger partial charge in [0.25, 0.3) is 5.91 Å². The van der Waals surface area contributed by atoms with Gasteiger partial charge in [-0.3, -0.25) is 9.48 Å². The van der Waals surface area contributed by atoms with E-state index in [0.29, 0.717) is 16.9 Å². The molecule has 0 atom stereocenters. The van der Waals surface area contributed by atoms with Crippen molar-refractivity contribution in [3.05, 3.63) is 47.2 Å². The molecule has 0 unspecified atom stereocenters. The van der Waals surface area contributed by atoms with Gasteiger partial charge in [-0.05, 0) is 19.1 Å². The third-order valence-corrected chi connectivity index (χ3v) is 2.72. The summed E-state index contributed by atoms with van der Waals surface area (Å²) in [6, 6.07) is 8.80. The maximum Gasteiger partial charge on any atom is 0.258 e. The summed E-state index contributed by atoms with van der Waals surface area (Å²) in [5.74, 6) is 5.68. The van der Waals surface area contributed by atoms with Gasteiger partial charge in [0.05, 0.1) is 11.3 Å². The first-order valence-corrected chi connectivity index (χ1v) is 6.12. The molecular weight excluding hydrogens is 254 g/mol. The van der Waals surface area contributed by atoms with E-state index < -0.39 is 0 Å². The molecule has 0 aliphatic rings. The molecule has 20 heavy (non-hydrogen) atoms. The van der Waals surface area contributed by atoms with Gasteiger partial charge < -0.3 is 10.4 Å². The minimum Gasteiger partial charge on any atom is -0.384 e. The molecule has 0 aliphatic heterocycles. The molecule has 2 aromatic rings. The molecule has 0 spiro atoms. The Labute approximate surface area is 117 Å². The molecule has 1 aromatic heterocycles. The van der Waals surface area contributed by atoms with E-state index in [1.165, 1.54) is 0 Å². The topological polar surface area (TPSA) is 67.2 Å². The molecule has 0 saturated heterocycles. The smallest absolute Gasteiger partial charge is 0.258 e. The first kappa shape index (κ1) is 13.8. The molecule has 2 N–H and O–H groups in total. The monoisotopic (exact) mass is 269 g/mol. The standard InChI is InChI=1S/C15H15N3O2/c1-11-10-14(18(2)17-11)16-15(20)13-8-4-3-6-12(13)7-5-9-19/h3-4,6,8,10,19H,9H2,1-2H3,(H,16,20). The second kappa shape index (κ2) is 6.04. The van der Waals surface area contributed by atoms with Crippen LogP contribution in [-0.4, -0.2) is 27.4 Å². The van der Waals surface area contributed by atoms with Crippen LogP contribution in [0.5, 0.6) is 0 Å². The number of hydrogen-bond donors (Lipinski definition) is 2. The van der Waals surface area contributed by atoms with Crippen LogP contribution < -0.4 is 5.32 Å². The van der Waals surface area contributed by atoms with Gasteiger partial charge in [-0.15, -0.1) is 0 Å². The van der Waals surface area contributed by atoms with Gasteiger partial charge in [0.15, 0.2) is 0 Å². The fourth-order valence-electron chi connectivity index (χ4n) is 1.84. The van der Waals surface area contributed by atoms with Crippen LogP contribution in [0, 0.1) is 18.8 Å². The van der Waals surface area contributed by atoms with E-state index in [1.807, 2.05) is 6.92 Å². The van der Waals surface area contributed by atoms with Crippen molar-refractivity contribution in [2.75, 3.05) is 11.9 Å². The molecular formula is C15H15N3O2. The van der Waals surface area contributed by atoms with Crippen molar-refractivity contribution in [2.45, 2.75) is 6.92 Å². The number of carbonyl (C=O) groups is 1. The highest BCUT2D eigenvalue weighted by Crippen LogP contribution is 2.13. The van der Waals surface area contributed by atoms with Crippen molar-refractivity contribution in [1.82, 2.24) is 9.78 Å². The van der Waals surface area contributed by atoms with Crippen LogP contribution in [0.3, 0.4) is 0 Å². The molecule has 0 radical (unpaired) electrons. The van der Waals surface area contributed by atoms with Crippen LogP contribution in [0.1, 0.15) is 21.6 Å². The van der Waals surface area contributed by atoms with E-state index in [1.54, 1.807) is 42.1 Å². The van der Waals surface area contributed by atoms with E-state index in [0.717, 1.165) is 5.69 Å². The molecule has 0 aliphatic carbocycles. The number of aliphatic hydroxyl groups excluding tert-OH is 1. The van der Waals surface area contributed by atoms with Gasteiger partial charge in [-0.25, -0.2) is 0 Å². The number of rotatable bonds is 2. The number of aryl methyl sites for hydroxylation is 2. The molecule has 5 heteroatoms. The second-order valence-electron chi connectivity index (χ2n) is 4.25. The molecule has 1 aromatic carbocycles. The van der Waals surface area contributed by atoms with Crippen molar-refractivity contribution in [2.24, 2.45) is 7.05 Å². The number of benzene rings is 1. The highest BCUT2D eigenvalue weighted by Gasteiger charge is 2.12. The van der Waals surface area contributed by atoms with Gasteiger partial charge in [0.2, 0.25) is 0 Å². The third-order valence-electron chi connectivity index (χ3n) is 2.72. The number of aromatic nitrogens is 2. The summed E-state index contributed by atoms with van der Waals surface area (Å²) in [4.78, 5) is 12.3. The zero-order valence-corrected chi connectivity index (χ0v) is 11.3. The van der Waals surface area contributed by atoms with Gasteiger partial charge in [-0.1, -0.05) is 24.0 Å². The van der Waals surface area contributed by atoms with Crippen molar-refractivity contribution in [3.8, 4) is 11.8 Å². The number of aliphatic hydroxyl groups is 1. The summed E-state index contributed by atoms with van der Waals surface area (Å²) in [7, 11) is 1.76. The quantitative estimate of drug-likeness (QED) is 0.808. The summed E-state index contributed by atoms with van der Waals surface area (Å²) in [5.41, 5.74) is 1.88. The summed E-state index contributed by atoms with van der Waals surface area (Å²) in [6.45, 7) is 1.62. The second-order valence-corrected chi connectivity index (χ2v) is 4.25. The maximum atomic E-state index is 12.3. The summed E-state index contributed by atoms with van der Waals surface area (Å²) >= 11 is 0. The SMILES string of the molecule is Cc1cc(NC(=O)c2ccccc2C#CCO)n(C)n1. The van der Waals surface area contributed by atoms with Gasteiger partial charge in [-0.2, -0.15) is 5.10 Å². The number of anilines is 1. The minimum atomic E-state index is -0.254. The lowest BCUT2D eigenvalue weighted by Crippen LogP contribution is -2.15. The van der Waals surface area contributed by atoms with Crippen molar-refractivity contribution < 1.29 is 9.90 Å². The molecule has 0 saturated carbocycles. The third kappa shape index (κ3) is 3.05. The summed E-state index contributed by atoms with van der Waals surface area (Å²) < 4.78 is 1.61. The van der Waals surface area contributed by atoms with Crippen LogP contribution in [0.15, 0.2) is 30.3 Å². The number of hydrogen-bond acceptors (Lipinski definition) is 3. The average Bonchev–Trinajstić information content (AvgIpc) is 2.75. The Morgan fingerprint density at radius 1 is 1.45 bits per heavy atom. The van der Waals surface area contributed by atoms with Crippen molar-refractivity contribution in [3.63, 3.8) is 0 Å². The van der Waals surface area contributed by atoms with Crippen LogP contribution in [0.2, 0.25) is 0 Å². The highest BCUT2D eigenvalue weighted by molar-refractivity contribution is 6.05. The molecule has 0 bridgehead atoms. The van der Waals surface area contributed by atoms with Gasteiger partial charge in [0, 0.05) is 18.7 Å². The van der Waals surface area contributed by atoms with E-state index >= 15 is 0 Å². The largest absolute Gasteiger partial charge is 0.384 e. The molecule has 5 nitrogen and oxygen atoms in total. The Hall–Kier alpha value is -2.58. The molecule has 2 rings (SSSR count). The number of nitrogens with zero attached hydrogens (tertiary/aromatic N) is 2. The fraction of sp³-hybridized carbons (Fsp3) is 0.200. The zero-order valence-electron chi connectivity index (χ0n) is 11.3. The van der Waals surface area contributed by atoms with Crippen LogP contribution in [0.4, 0.5) is 5.82 Å². The van der Waals surface area contributed by atoms with Crippen LogP contribution >= 0.6 is 0 Å². The first-order chi connectivity index (χ1) is 9.61. The van der Waals surface area contributed by atoms with Gasteiger partial charge >= 0.3 is 0 Å². The molecule has 102 valence electrons. The van der Waals surface area contributed by atoms with Crippen molar-refractivity contribution in [1.29, 1.82) is 0 Å². The Morgan fingerprint density at radius 3 is 2.85 bits per heavy atom. The van der Waals surface area contributed by atoms with Gasteiger partial charge in [0.1, 0.15) is 12.4 Å². The zero-order chi connectivity index (χ0) is 14.5. The maximum absolute atomic E-state index is 12.3. The van der Waals surface area contributed by atoms with E-state index in [-0.39, 0.29) is 12.5 Å². The molecule has 1 heterocycles. The normalized spacial score (nSPS) is 9.75. The predicted molar refractivity (Wildman–Crippen MR) is 76.3 cm³/mol. The number of carbonyl (C=O) groups excluding carboxylic acids is 1. The van der Waals surface area contributed by atoms with Crippen LogP contribution in [-0.2, 0) is 7.05 Å². The predicted octanol–water partition coefficient (Wildman–Crippen LogP) is 1.32. The van der Waals surface area contributed by atoms with E-state index in [4.69, 9.17) is 5.11 Å². The summed E-state index contributed by atoms with van der Waals surface area (Å²) in [5, 5.41) is 15.7. The fourth-order valence-corrected chi connectivity index (χ4v) is 1.84. The van der Waals surface area contributed by atoms with Crippen LogP contribution in [0.25, 0.3) is 0 Å². The van der Waals surface area contributed by atoms with E-state index in [9.17, 15) is 4.79 Å². The lowest BCUT2D eigenvalue weighted by molar-refractivity contribution is 0.102. The number of nitrogens with one attached hydrogen (secondary N) is 1. The Balaban J connectivity index is 2.28. The Morgan fingerprint density at radius 2 is 2.20 bits per heavy atom. The van der Waals surface area contributed by atoms with Crippen molar-refractivity contribution >= 4 is 11.7 Å². The number of amides is 1. The molecule has 1 amide bonds.